The molecular weight excluding hydrogens is 486 g/mol. The molecule has 10 nitrogen and oxygen atoms in total. The Morgan fingerprint density at radius 1 is 1.17 bits per heavy atom. The second kappa shape index (κ2) is 11.7. The SMILES string of the molecule is COC(=O)N1CCN(C(=O)C=Cc2ccc(Sc3ccccc3C(C)C)c([N+](=O)[O-])c2)C(C(=O)O)C1. The fourth-order valence-electron chi connectivity index (χ4n) is 3.85. The molecule has 0 spiro atoms. The number of benzene rings is 2. The van der Waals surface area contributed by atoms with E-state index in [1.165, 1.54) is 42.0 Å². The average molecular weight is 514 g/mol. The molecule has 0 saturated carbocycles. The Kier molecular flexibility index (Phi) is 8.70. The van der Waals surface area contributed by atoms with Gasteiger partial charge in [-0.15, -0.1) is 0 Å². The Morgan fingerprint density at radius 2 is 1.89 bits per heavy atom. The van der Waals surface area contributed by atoms with Crippen molar-refractivity contribution in [1.29, 1.82) is 0 Å². The zero-order valence-electron chi connectivity index (χ0n) is 20.1. The number of nitro benzene ring substituents is 1. The number of methoxy groups -OCH3 is 1. The van der Waals surface area contributed by atoms with E-state index in [1.807, 2.05) is 24.3 Å². The molecule has 0 aromatic heterocycles. The zero-order chi connectivity index (χ0) is 26.4. The highest BCUT2D eigenvalue weighted by Gasteiger charge is 2.36. The molecule has 1 fully saturated rings. The van der Waals surface area contributed by atoms with E-state index < -0.39 is 28.9 Å². The third-order valence-corrected chi connectivity index (χ3v) is 6.90. The van der Waals surface area contributed by atoms with Gasteiger partial charge in [-0.1, -0.05) is 49.9 Å². The fourth-order valence-corrected chi connectivity index (χ4v) is 5.03. The van der Waals surface area contributed by atoms with Crippen LogP contribution in [0.15, 0.2) is 58.3 Å². The Morgan fingerprint density at radius 3 is 2.53 bits per heavy atom. The Bertz CT molecular complexity index is 1200. The summed E-state index contributed by atoms with van der Waals surface area (Å²) in [5.41, 5.74) is 1.42. The number of hydrogen-bond donors (Lipinski definition) is 1. The van der Waals surface area contributed by atoms with Gasteiger partial charge >= 0.3 is 12.1 Å². The highest BCUT2D eigenvalue weighted by molar-refractivity contribution is 7.99. The van der Waals surface area contributed by atoms with Crippen molar-refractivity contribution in [2.75, 3.05) is 26.7 Å². The minimum atomic E-state index is -1.25. The summed E-state index contributed by atoms with van der Waals surface area (Å²) in [7, 11) is 1.20. The molecule has 1 heterocycles. The lowest BCUT2D eigenvalue weighted by atomic mass is 10.0. The second-order valence-corrected chi connectivity index (χ2v) is 9.50. The van der Waals surface area contributed by atoms with E-state index in [0.29, 0.717) is 10.5 Å². The first-order valence-corrected chi connectivity index (χ1v) is 12.0. The average Bonchev–Trinajstić information content (AvgIpc) is 2.87. The van der Waals surface area contributed by atoms with Crippen LogP contribution in [0.4, 0.5) is 10.5 Å². The fraction of sp³-hybridized carbons (Fsp3) is 0.320. The quantitative estimate of drug-likeness (QED) is 0.330. The third kappa shape index (κ3) is 6.22. The van der Waals surface area contributed by atoms with Crippen LogP contribution in [-0.2, 0) is 14.3 Å². The van der Waals surface area contributed by atoms with Gasteiger partial charge in [0.2, 0.25) is 5.91 Å². The van der Waals surface area contributed by atoms with Crippen LogP contribution in [0, 0.1) is 10.1 Å². The van der Waals surface area contributed by atoms with Gasteiger partial charge in [0, 0.05) is 30.1 Å². The third-order valence-electron chi connectivity index (χ3n) is 5.74. The molecule has 1 saturated heterocycles. The molecule has 1 atom stereocenters. The molecular formula is C25H27N3O7S. The van der Waals surface area contributed by atoms with Crippen molar-refractivity contribution in [3.05, 3.63) is 69.8 Å². The summed E-state index contributed by atoms with van der Waals surface area (Å²) in [6, 6.07) is 11.2. The first-order valence-electron chi connectivity index (χ1n) is 11.2. The maximum atomic E-state index is 12.8. The van der Waals surface area contributed by atoms with Gasteiger partial charge < -0.3 is 19.6 Å². The predicted molar refractivity (Wildman–Crippen MR) is 134 cm³/mol. The molecule has 2 aromatic rings. The number of hydrogen-bond acceptors (Lipinski definition) is 7. The van der Waals surface area contributed by atoms with Crippen LogP contribution in [-0.4, -0.2) is 70.6 Å². The minimum Gasteiger partial charge on any atom is -0.480 e. The molecule has 1 aliphatic heterocycles. The predicted octanol–water partition coefficient (Wildman–Crippen LogP) is 4.25. The number of amides is 2. The van der Waals surface area contributed by atoms with Gasteiger partial charge in [0.25, 0.3) is 5.69 Å². The topological polar surface area (TPSA) is 130 Å². The molecule has 2 amide bonds. The maximum Gasteiger partial charge on any atom is 0.409 e. The number of nitro groups is 1. The van der Waals surface area contributed by atoms with Crippen LogP contribution in [0.5, 0.6) is 0 Å². The maximum absolute atomic E-state index is 12.8. The Balaban J connectivity index is 1.80. The van der Waals surface area contributed by atoms with Crippen LogP contribution >= 0.6 is 11.8 Å². The molecule has 0 bridgehead atoms. The van der Waals surface area contributed by atoms with Crippen molar-refractivity contribution < 1.29 is 29.2 Å². The lowest BCUT2D eigenvalue weighted by molar-refractivity contribution is -0.387. The molecule has 190 valence electrons. The van der Waals surface area contributed by atoms with Crippen molar-refractivity contribution in [2.24, 2.45) is 0 Å². The Hall–Kier alpha value is -3.86. The lowest BCUT2D eigenvalue weighted by Crippen LogP contribution is -2.59. The first-order chi connectivity index (χ1) is 17.1. The number of piperazine rings is 1. The van der Waals surface area contributed by atoms with Crippen LogP contribution in [0.1, 0.15) is 30.9 Å². The molecule has 11 heteroatoms. The van der Waals surface area contributed by atoms with E-state index in [0.717, 1.165) is 15.4 Å². The van der Waals surface area contributed by atoms with E-state index in [9.17, 15) is 29.6 Å². The van der Waals surface area contributed by atoms with Gasteiger partial charge in [-0.25, -0.2) is 9.59 Å². The van der Waals surface area contributed by atoms with E-state index in [-0.39, 0.29) is 31.2 Å². The van der Waals surface area contributed by atoms with Crippen molar-refractivity contribution >= 4 is 41.5 Å². The molecule has 2 aromatic carbocycles. The van der Waals surface area contributed by atoms with Crippen LogP contribution in [0.3, 0.4) is 0 Å². The van der Waals surface area contributed by atoms with Gasteiger partial charge in [-0.2, -0.15) is 0 Å². The molecule has 1 aliphatic rings. The lowest BCUT2D eigenvalue weighted by Gasteiger charge is -2.38. The normalized spacial score (nSPS) is 15.8. The van der Waals surface area contributed by atoms with Gasteiger partial charge in [-0.3, -0.25) is 14.9 Å². The largest absolute Gasteiger partial charge is 0.480 e. The van der Waals surface area contributed by atoms with Crippen LogP contribution in [0.25, 0.3) is 6.08 Å². The van der Waals surface area contributed by atoms with Crippen LogP contribution in [0.2, 0.25) is 0 Å². The summed E-state index contributed by atoms with van der Waals surface area (Å²) < 4.78 is 4.63. The summed E-state index contributed by atoms with van der Waals surface area (Å²) in [5, 5.41) is 21.3. The van der Waals surface area contributed by atoms with E-state index in [4.69, 9.17) is 0 Å². The molecule has 36 heavy (non-hydrogen) atoms. The summed E-state index contributed by atoms with van der Waals surface area (Å²) >= 11 is 1.31. The van der Waals surface area contributed by atoms with E-state index in [1.54, 1.807) is 12.1 Å². The minimum absolute atomic E-state index is 0.0141. The summed E-state index contributed by atoms with van der Waals surface area (Å²) in [6.45, 7) is 4.06. The van der Waals surface area contributed by atoms with Crippen LogP contribution < -0.4 is 0 Å². The van der Waals surface area contributed by atoms with Crippen molar-refractivity contribution in [1.82, 2.24) is 9.80 Å². The number of carbonyl (C=O) groups is 3. The summed E-state index contributed by atoms with van der Waals surface area (Å²) in [6.07, 6.45) is 1.94. The van der Waals surface area contributed by atoms with Gasteiger partial charge in [-0.05, 0) is 35.3 Å². The Labute approximate surface area is 212 Å². The number of rotatable bonds is 7. The molecule has 0 radical (unpaired) electrons. The summed E-state index contributed by atoms with van der Waals surface area (Å²) in [5.74, 6) is -1.56. The number of carboxylic acids is 1. The smallest absolute Gasteiger partial charge is 0.409 e. The van der Waals surface area contributed by atoms with Crippen molar-refractivity contribution in [3.63, 3.8) is 0 Å². The van der Waals surface area contributed by atoms with Crippen molar-refractivity contribution in [3.8, 4) is 0 Å². The van der Waals surface area contributed by atoms with E-state index >= 15 is 0 Å². The molecule has 1 N–H and O–H groups in total. The zero-order valence-corrected chi connectivity index (χ0v) is 20.9. The van der Waals surface area contributed by atoms with E-state index in [2.05, 4.69) is 18.6 Å². The number of nitrogens with zero attached hydrogens (tertiary/aromatic N) is 3. The number of aliphatic carboxylic acids is 1. The van der Waals surface area contributed by atoms with Gasteiger partial charge in [0.15, 0.2) is 0 Å². The number of ether oxygens (including phenoxy) is 1. The summed E-state index contributed by atoms with van der Waals surface area (Å²) in [4.78, 5) is 51.3. The van der Waals surface area contributed by atoms with Gasteiger partial charge in [0.1, 0.15) is 6.04 Å². The standard InChI is InChI=1S/C25H27N3O7S/c1-16(2)18-6-4-5-7-21(18)36-22-10-8-17(14-19(22)28(33)34)9-11-23(29)27-13-12-26(25(32)35-3)15-20(27)24(30)31/h4-11,14,16,20H,12-13,15H2,1-3H3,(H,30,31). The van der Waals surface area contributed by atoms with Gasteiger partial charge in [0.05, 0.1) is 23.5 Å². The molecule has 0 aliphatic carbocycles. The molecule has 1 unspecified atom stereocenters. The monoisotopic (exact) mass is 513 g/mol. The number of carbonyl (C=O) groups excluding carboxylic acids is 2. The van der Waals surface area contributed by atoms with Crippen molar-refractivity contribution in [2.45, 2.75) is 35.6 Å². The molecule has 3 rings (SSSR count). The first kappa shape index (κ1) is 26.7. The second-order valence-electron chi connectivity index (χ2n) is 8.41. The highest BCUT2D eigenvalue weighted by Crippen LogP contribution is 2.39. The number of carboxylic acid groups (broad SMARTS) is 1. The highest BCUT2D eigenvalue weighted by atomic mass is 32.2.